The minimum atomic E-state index is -0.644. The third kappa shape index (κ3) is 2.24. The Labute approximate surface area is 102 Å². The number of carbonyl (C=O) groups is 1. The van der Waals surface area contributed by atoms with Gasteiger partial charge in [0.1, 0.15) is 5.82 Å². The summed E-state index contributed by atoms with van der Waals surface area (Å²) in [7, 11) is 0. The van der Waals surface area contributed by atoms with E-state index in [9.17, 15) is 19.3 Å². The van der Waals surface area contributed by atoms with E-state index in [0.29, 0.717) is 0 Å². The molecular weight excluding hydrogens is 237 g/mol. The maximum atomic E-state index is 13.4. The number of halogens is 1. The van der Waals surface area contributed by atoms with E-state index in [1.807, 2.05) is 0 Å². The van der Waals surface area contributed by atoms with Crippen LogP contribution in [0.4, 0.5) is 10.1 Å². The number of hydrogen-bond donors (Lipinski definition) is 0. The second-order valence-corrected chi connectivity index (χ2v) is 3.62. The van der Waals surface area contributed by atoms with Crippen molar-refractivity contribution in [1.82, 2.24) is 0 Å². The molecule has 0 aliphatic rings. The largest absolute Gasteiger partial charge is 0.288 e. The summed E-state index contributed by atoms with van der Waals surface area (Å²) in [5, 5.41) is 10.6. The van der Waals surface area contributed by atoms with Crippen LogP contribution in [0.1, 0.15) is 15.9 Å². The number of nitro benzene ring substituents is 1. The fourth-order valence-electron chi connectivity index (χ4n) is 1.56. The zero-order chi connectivity index (χ0) is 13.1. The van der Waals surface area contributed by atoms with Crippen LogP contribution in [0, 0.1) is 15.9 Å². The van der Waals surface area contributed by atoms with E-state index in [2.05, 4.69) is 0 Å². The van der Waals surface area contributed by atoms with Gasteiger partial charge < -0.3 is 0 Å². The Hall–Kier alpha value is -2.56. The van der Waals surface area contributed by atoms with Crippen LogP contribution in [0.2, 0.25) is 0 Å². The van der Waals surface area contributed by atoms with Crippen molar-refractivity contribution in [1.29, 1.82) is 0 Å². The topological polar surface area (TPSA) is 60.2 Å². The molecular formula is C13H8FNO3. The Morgan fingerprint density at radius 1 is 1.11 bits per heavy atom. The third-order valence-electron chi connectivity index (χ3n) is 2.44. The average Bonchev–Trinajstić information content (AvgIpc) is 2.38. The summed E-state index contributed by atoms with van der Waals surface area (Å²) >= 11 is 0. The van der Waals surface area contributed by atoms with E-state index in [-0.39, 0.29) is 16.8 Å². The van der Waals surface area contributed by atoms with Crippen LogP contribution < -0.4 is 0 Å². The van der Waals surface area contributed by atoms with Crippen LogP contribution in [0.25, 0.3) is 0 Å². The second kappa shape index (κ2) is 4.75. The van der Waals surface area contributed by atoms with Crippen molar-refractivity contribution >= 4 is 11.5 Å². The summed E-state index contributed by atoms with van der Waals surface area (Å²) in [5.74, 6) is -1.22. The summed E-state index contributed by atoms with van der Waals surface area (Å²) in [6.07, 6.45) is 0. The lowest BCUT2D eigenvalue weighted by Gasteiger charge is -2.02. The molecule has 4 nitrogen and oxygen atoms in total. The van der Waals surface area contributed by atoms with Gasteiger partial charge in [0.05, 0.1) is 10.5 Å². The highest BCUT2D eigenvalue weighted by Crippen LogP contribution is 2.18. The van der Waals surface area contributed by atoms with E-state index < -0.39 is 16.5 Å². The van der Waals surface area contributed by atoms with Crippen molar-refractivity contribution < 1.29 is 14.1 Å². The smallest absolute Gasteiger partial charge is 0.270 e. The summed E-state index contributed by atoms with van der Waals surface area (Å²) in [6.45, 7) is 0. The fraction of sp³-hybridized carbons (Fsp3) is 0. The minimum Gasteiger partial charge on any atom is -0.288 e. The normalized spacial score (nSPS) is 10.1. The van der Waals surface area contributed by atoms with Gasteiger partial charge in [-0.25, -0.2) is 4.39 Å². The van der Waals surface area contributed by atoms with Crippen LogP contribution in [-0.4, -0.2) is 10.7 Å². The van der Waals surface area contributed by atoms with Gasteiger partial charge >= 0.3 is 0 Å². The van der Waals surface area contributed by atoms with Crippen LogP contribution >= 0.6 is 0 Å². The Morgan fingerprint density at radius 2 is 1.83 bits per heavy atom. The summed E-state index contributed by atoms with van der Waals surface area (Å²) in [6, 6.07) is 10.7. The summed E-state index contributed by atoms with van der Waals surface area (Å²) in [5.41, 5.74) is -0.204. The Kier molecular flexibility index (Phi) is 3.14. The van der Waals surface area contributed by atoms with Crippen LogP contribution in [0.5, 0.6) is 0 Å². The lowest BCUT2D eigenvalue weighted by molar-refractivity contribution is -0.384. The van der Waals surface area contributed by atoms with Gasteiger partial charge in [-0.15, -0.1) is 0 Å². The third-order valence-corrected chi connectivity index (χ3v) is 2.44. The first-order valence-corrected chi connectivity index (χ1v) is 5.13. The highest BCUT2D eigenvalue weighted by Gasteiger charge is 2.15. The molecule has 2 rings (SSSR count). The highest BCUT2D eigenvalue weighted by atomic mass is 19.1. The van der Waals surface area contributed by atoms with E-state index in [1.54, 1.807) is 0 Å². The molecule has 0 radical (unpaired) electrons. The molecule has 0 saturated carbocycles. The van der Waals surface area contributed by atoms with Crippen LogP contribution in [-0.2, 0) is 0 Å². The van der Waals surface area contributed by atoms with Gasteiger partial charge in [-0.2, -0.15) is 0 Å². The van der Waals surface area contributed by atoms with Gasteiger partial charge in [0.25, 0.3) is 5.69 Å². The molecule has 0 amide bonds. The van der Waals surface area contributed by atoms with Crippen LogP contribution in [0.15, 0.2) is 48.5 Å². The van der Waals surface area contributed by atoms with Crippen molar-refractivity contribution in [3.8, 4) is 0 Å². The number of nitro groups is 1. The number of nitrogens with zero attached hydrogens (tertiary/aromatic N) is 1. The molecule has 0 bridgehead atoms. The number of non-ortho nitro benzene ring substituents is 1. The van der Waals surface area contributed by atoms with Gasteiger partial charge in [-0.05, 0) is 12.1 Å². The molecule has 0 heterocycles. The summed E-state index contributed by atoms with van der Waals surface area (Å²) < 4.78 is 13.4. The van der Waals surface area contributed by atoms with Gasteiger partial charge in [-0.3, -0.25) is 14.9 Å². The minimum absolute atomic E-state index is 0.0919. The van der Waals surface area contributed by atoms with Crippen molar-refractivity contribution in [3.63, 3.8) is 0 Å². The molecule has 0 unspecified atom stereocenters. The van der Waals surface area contributed by atoms with E-state index in [4.69, 9.17) is 0 Å². The molecule has 0 aliphatic heterocycles. The van der Waals surface area contributed by atoms with Crippen molar-refractivity contribution in [2.24, 2.45) is 0 Å². The van der Waals surface area contributed by atoms with Gasteiger partial charge in [-0.1, -0.05) is 24.3 Å². The van der Waals surface area contributed by atoms with E-state index in [0.717, 1.165) is 6.07 Å². The molecule has 0 N–H and O–H groups in total. The predicted molar refractivity (Wildman–Crippen MR) is 62.9 cm³/mol. The predicted octanol–water partition coefficient (Wildman–Crippen LogP) is 2.96. The standard InChI is InChI=1S/C13H8FNO3/c14-12-7-2-1-6-11(12)13(16)9-4-3-5-10(8-9)15(17)18/h1-8H. The Balaban J connectivity index is 2.44. The quantitative estimate of drug-likeness (QED) is 0.474. The molecule has 0 spiro atoms. The molecule has 2 aromatic rings. The Morgan fingerprint density at radius 3 is 2.50 bits per heavy atom. The molecule has 0 atom stereocenters. The molecule has 0 saturated heterocycles. The van der Waals surface area contributed by atoms with Gasteiger partial charge in [0.2, 0.25) is 0 Å². The molecule has 2 aromatic carbocycles. The Bertz CT molecular complexity index is 625. The van der Waals surface area contributed by atoms with Crippen molar-refractivity contribution in [3.05, 3.63) is 75.6 Å². The number of carbonyl (C=O) groups excluding carboxylic acids is 1. The van der Waals surface area contributed by atoms with Crippen molar-refractivity contribution in [2.45, 2.75) is 0 Å². The first kappa shape index (κ1) is 11.9. The fourth-order valence-corrected chi connectivity index (χ4v) is 1.56. The highest BCUT2D eigenvalue weighted by molar-refractivity contribution is 6.09. The number of benzene rings is 2. The molecule has 0 aromatic heterocycles. The lowest BCUT2D eigenvalue weighted by Crippen LogP contribution is -2.04. The average molecular weight is 245 g/mol. The monoisotopic (exact) mass is 245 g/mol. The van der Waals surface area contributed by atoms with Crippen molar-refractivity contribution in [2.75, 3.05) is 0 Å². The van der Waals surface area contributed by atoms with Crippen LogP contribution in [0.3, 0.4) is 0 Å². The lowest BCUT2D eigenvalue weighted by atomic mass is 10.0. The zero-order valence-corrected chi connectivity index (χ0v) is 9.17. The molecule has 90 valence electrons. The first-order valence-electron chi connectivity index (χ1n) is 5.13. The van der Waals surface area contributed by atoms with E-state index >= 15 is 0 Å². The van der Waals surface area contributed by atoms with Gasteiger partial charge in [0.15, 0.2) is 5.78 Å². The number of hydrogen-bond acceptors (Lipinski definition) is 3. The van der Waals surface area contributed by atoms with E-state index in [1.165, 1.54) is 42.5 Å². The maximum Gasteiger partial charge on any atom is 0.270 e. The molecule has 18 heavy (non-hydrogen) atoms. The molecule has 0 fully saturated rings. The summed E-state index contributed by atoms with van der Waals surface area (Å²) in [4.78, 5) is 22.0. The number of rotatable bonds is 3. The maximum absolute atomic E-state index is 13.4. The first-order chi connectivity index (χ1) is 8.59. The molecule has 0 aliphatic carbocycles. The second-order valence-electron chi connectivity index (χ2n) is 3.62. The van der Waals surface area contributed by atoms with Gasteiger partial charge in [0, 0.05) is 17.7 Å². The number of ketones is 1. The molecule has 5 heteroatoms. The SMILES string of the molecule is O=C(c1cccc([N+](=O)[O-])c1)c1ccccc1F. The zero-order valence-electron chi connectivity index (χ0n) is 9.17.